The molecule has 2 aromatic rings. The van der Waals surface area contributed by atoms with Crippen LogP contribution in [0.2, 0.25) is 0 Å². The van der Waals surface area contributed by atoms with Gasteiger partial charge in [-0.3, -0.25) is 9.89 Å². The first-order valence-corrected chi connectivity index (χ1v) is 5.96. The van der Waals surface area contributed by atoms with E-state index in [0.717, 1.165) is 5.56 Å². The normalized spacial score (nSPS) is 13.8. The van der Waals surface area contributed by atoms with Crippen LogP contribution in [0.1, 0.15) is 18.3 Å². The molecule has 0 fully saturated rings. The molecule has 100 valence electrons. The Hall–Kier alpha value is -2.21. The van der Waals surface area contributed by atoms with Gasteiger partial charge in [0.25, 0.3) is 0 Å². The fourth-order valence-corrected chi connectivity index (χ4v) is 1.91. The molecule has 1 aromatic carbocycles. The second-order valence-electron chi connectivity index (χ2n) is 4.66. The number of aromatic nitrogens is 3. The highest BCUT2D eigenvalue weighted by atomic mass is 16.2. The van der Waals surface area contributed by atoms with Crippen LogP contribution in [0, 0.1) is 0 Å². The Balaban J connectivity index is 2.14. The number of H-pyrrole nitrogens is 1. The van der Waals surface area contributed by atoms with E-state index in [9.17, 15) is 4.79 Å². The summed E-state index contributed by atoms with van der Waals surface area (Å²) in [6.07, 6.45) is 1.41. The van der Waals surface area contributed by atoms with Gasteiger partial charge in [-0.05, 0) is 12.5 Å². The molecule has 1 heterocycles. The van der Waals surface area contributed by atoms with Crippen molar-refractivity contribution in [1.29, 1.82) is 0 Å². The van der Waals surface area contributed by atoms with Crippen LogP contribution in [-0.4, -0.2) is 33.0 Å². The van der Waals surface area contributed by atoms with E-state index in [-0.39, 0.29) is 5.91 Å². The van der Waals surface area contributed by atoms with E-state index in [4.69, 9.17) is 5.73 Å². The van der Waals surface area contributed by atoms with E-state index in [1.165, 1.54) is 11.2 Å². The van der Waals surface area contributed by atoms with Crippen molar-refractivity contribution in [2.75, 3.05) is 7.05 Å². The van der Waals surface area contributed by atoms with Gasteiger partial charge in [0, 0.05) is 7.05 Å². The molecule has 0 aliphatic rings. The average Bonchev–Trinajstić information content (AvgIpc) is 2.91. The molecule has 0 saturated heterocycles. The van der Waals surface area contributed by atoms with Crippen LogP contribution in [0.4, 0.5) is 0 Å². The number of nitrogens with zero attached hydrogens (tertiary/aromatic N) is 3. The predicted octanol–water partition coefficient (Wildman–Crippen LogP) is 0.637. The Morgan fingerprint density at radius 2 is 2.11 bits per heavy atom. The molecule has 1 unspecified atom stereocenters. The summed E-state index contributed by atoms with van der Waals surface area (Å²) in [6, 6.07) is 9.32. The van der Waals surface area contributed by atoms with Gasteiger partial charge < -0.3 is 10.6 Å². The molecular formula is C13H17N5O. The van der Waals surface area contributed by atoms with Crippen molar-refractivity contribution < 1.29 is 4.79 Å². The molecule has 0 spiro atoms. The molecule has 0 aliphatic carbocycles. The number of rotatable bonds is 4. The van der Waals surface area contributed by atoms with Gasteiger partial charge >= 0.3 is 0 Å². The van der Waals surface area contributed by atoms with Crippen molar-refractivity contribution >= 4 is 5.91 Å². The van der Waals surface area contributed by atoms with Crippen molar-refractivity contribution in [2.24, 2.45) is 5.73 Å². The SMILES string of the molecule is CN(Cc1ncn[nH]1)C(=O)C(C)(N)c1ccccc1. The van der Waals surface area contributed by atoms with Crippen molar-refractivity contribution in [3.05, 3.63) is 48.0 Å². The molecule has 0 bridgehead atoms. The number of hydrogen-bond donors (Lipinski definition) is 2. The lowest BCUT2D eigenvalue weighted by Crippen LogP contribution is -2.49. The lowest BCUT2D eigenvalue weighted by atomic mass is 9.92. The zero-order valence-electron chi connectivity index (χ0n) is 11.0. The van der Waals surface area contributed by atoms with Crippen LogP contribution < -0.4 is 5.73 Å². The van der Waals surface area contributed by atoms with Gasteiger partial charge in [0.1, 0.15) is 17.7 Å². The first kappa shape index (κ1) is 13.2. The number of nitrogens with two attached hydrogens (primary N) is 1. The summed E-state index contributed by atoms with van der Waals surface area (Å²) in [5.41, 5.74) is 5.90. The molecule has 1 aromatic heterocycles. The van der Waals surface area contributed by atoms with E-state index in [0.29, 0.717) is 12.4 Å². The standard InChI is InChI=1S/C13H17N5O/c1-13(14,10-6-4-3-5-7-10)12(19)18(2)8-11-15-9-16-17-11/h3-7,9H,8,14H2,1-2H3,(H,15,16,17). The Labute approximate surface area is 111 Å². The van der Waals surface area contributed by atoms with Gasteiger partial charge in [0.15, 0.2) is 0 Å². The third-order valence-corrected chi connectivity index (χ3v) is 3.02. The second-order valence-corrected chi connectivity index (χ2v) is 4.66. The van der Waals surface area contributed by atoms with Crippen LogP contribution in [0.25, 0.3) is 0 Å². The maximum Gasteiger partial charge on any atom is 0.247 e. The van der Waals surface area contributed by atoms with Crippen molar-refractivity contribution in [3.8, 4) is 0 Å². The average molecular weight is 259 g/mol. The number of benzene rings is 1. The van der Waals surface area contributed by atoms with Crippen LogP contribution >= 0.6 is 0 Å². The summed E-state index contributed by atoms with van der Waals surface area (Å²) in [4.78, 5) is 18.0. The van der Waals surface area contributed by atoms with Gasteiger partial charge in [0.05, 0.1) is 6.54 Å². The lowest BCUT2D eigenvalue weighted by Gasteiger charge is -2.29. The summed E-state index contributed by atoms with van der Waals surface area (Å²) in [5.74, 6) is 0.454. The van der Waals surface area contributed by atoms with E-state index in [1.54, 1.807) is 14.0 Å². The minimum atomic E-state index is -1.06. The summed E-state index contributed by atoms with van der Waals surface area (Å²) < 4.78 is 0. The zero-order chi connectivity index (χ0) is 13.9. The van der Waals surface area contributed by atoms with Crippen molar-refractivity contribution in [3.63, 3.8) is 0 Å². The fraction of sp³-hybridized carbons (Fsp3) is 0.308. The minimum Gasteiger partial charge on any atom is -0.336 e. The number of likely N-dealkylation sites (N-methyl/N-ethyl adjacent to an activating group) is 1. The highest BCUT2D eigenvalue weighted by molar-refractivity contribution is 5.86. The predicted molar refractivity (Wildman–Crippen MR) is 70.8 cm³/mol. The largest absolute Gasteiger partial charge is 0.336 e. The first-order chi connectivity index (χ1) is 9.01. The molecule has 0 radical (unpaired) electrons. The van der Waals surface area contributed by atoms with E-state index >= 15 is 0 Å². The lowest BCUT2D eigenvalue weighted by molar-refractivity contribution is -0.136. The highest BCUT2D eigenvalue weighted by Gasteiger charge is 2.33. The summed E-state index contributed by atoms with van der Waals surface area (Å²) in [6.45, 7) is 2.06. The number of hydrogen-bond acceptors (Lipinski definition) is 4. The van der Waals surface area contributed by atoms with Gasteiger partial charge in [-0.15, -0.1) is 0 Å². The van der Waals surface area contributed by atoms with Gasteiger partial charge in [-0.1, -0.05) is 30.3 Å². The molecule has 3 N–H and O–H groups in total. The van der Waals surface area contributed by atoms with E-state index < -0.39 is 5.54 Å². The van der Waals surface area contributed by atoms with Gasteiger partial charge in [-0.25, -0.2) is 4.98 Å². The number of carbonyl (C=O) groups is 1. The number of amides is 1. The summed E-state index contributed by atoms with van der Waals surface area (Å²) >= 11 is 0. The topological polar surface area (TPSA) is 87.9 Å². The minimum absolute atomic E-state index is 0.171. The molecule has 1 amide bonds. The Morgan fingerprint density at radius 3 is 2.68 bits per heavy atom. The molecule has 0 saturated carbocycles. The maximum atomic E-state index is 12.4. The van der Waals surface area contributed by atoms with Crippen molar-refractivity contribution in [2.45, 2.75) is 19.0 Å². The Bertz CT molecular complexity index is 535. The fourth-order valence-electron chi connectivity index (χ4n) is 1.91. The number of aromatic amines is 1. The van der Waals surface area contributed by atoms with Crippen LogP contribution in [-0.2, 0) is 16.9 Å². The van der Waals surface area contributed by atoms with Crippen LogP contribution in [0.5, 0.6) is 0 Å². The van der Waals surface area contributed by atoms with Crippen molar-refractivity contribution in [1.82, 2.24) is 20.1 Å². The molecular weight excluding hydrogens is 242 g/mol. The molecule has 0 aliphatic heterocycles. The van der Waals surface area contributed by atoms with Gasteiger partial charge in [-0.2, -0.15) is 5.10 Å². The molecule has 2 rings (SSSR count). The monoisotopic (exact) mass is 259 g/mol. The molecule has 6 nitrogen and oxygen atoms in total. The summed E-state index contributed by atoms with van der Waals surface area (Å²) in [5, 5.41) is 6.47. The van der Waals surface area contributed by atoms with Crippen LogP contribution in [0.15, 0.2) is 36.7 Å². The third kappa shape index (κ3) is 2.79. The number of nitrogens with one attached hydrogen (secondary N) is 1. The maximum absolute atomic E-state index is 12.4. The quantitative estimate of drug-likeness (QED) is 0.843. The van der Waals surface area contributed by atoms with Crippen LogP contribution in [0.3, 0.4) is 0 Å². The summed E-state index contributed by atoms with van der Waals surface area (Å²) in [7, 11) is 1.69. The molecule has 6 heteroatoms. The van der Waals surface area contributed by atoms with Gasteiger partial charge in [0.2, 0.25) is 5.91 Å². The zero-order valence-corrected chi connectivity index (χ0v) is 11.0. The van der Waals surface area contributed by atoms with E-state index in [2.05, 4.69) is 15.2 Å². The molecule has 19 heavy (non-hydrogen) atoms. The number of carbonyl (C=O) groups excluding carboxylic acids is 1. The molecule has 1 atom stereocenters. The highest BCUT2D eigenvalue weighted by Crippen LogP contribution is 2.20. The Kier molecular flexibility index (Phi) is 3.62. The second kappa shape index (κ2) is 5.19. The Morgan fingerprint density at radius 1 is 1.42 bits per heavy atom. The smallest absolute Gasteiger partial charge is 0.247 e. The van der Waals surface area contributed by atoms with E-state index in [1.807, 2.05) is 30.3 Å². The third-order valence-electron chi connectivity index (χ3n) is 3.02. The first-order valence-electron chi connectivity index (χ1n) is 5.96.